The topological polar surface area (TPSA) is 59.6 Å². The van der Waals surface area contributed by atoms with E-state index in [0.717, 1.165) is 30.8 Å². The second-order valence-electron chi connectivity index (χ2n) is 5.00. The molecular formula is C15H23ClN2O3. The van der Waals surface area contributed by atoms with Crippen LogP contribution in [0.25, 0.3) is 0 Å². The third-order valence-electron chi connectivity index (χ3n) is 3.41. The number of methoxy groups -OCH3 is 1. The summed E-state index contributed by atoms with van der Waals surface area (Å²) in [5.41, 5.74) is 0.992. The molecule has 2 unspecified atom stereocenters. The van der Waals surface area contributed by atoms with Gasteiger partial charge in [-0.3, -0.25) is 4.79 Å². The lowest BCUT2D eigenvalue weighted by Gasteiger charge is -2.17. The maximum absolute atomic E-state index is 12.0. The van der Waals surface area contributed by atoms with Gasteiger partial charge in [-0.25, -0.2) is 0 Å². The van der Waals surface area contributed by atoms with E-state index in [0.29, 0.717) is 6.61 Å². The molecule has 1 amide bonds. The van der Waals surface area contributed by atoms with E-state index in [1.165, 1.54) is 0 Å². The van der Waals surface area contributed by atoms with E-state index in [9.17, 15) is 4.79 Å². The third kappa shape index (κ3) is 5.53. The van der Waals surface area contributed by atoms with Gasteiger partial charge in [0.15, 0.2) is 0 Å². The average Bonchev–Trinajstić information content (AvgIpc) is 2.97. The molecule has 2 atom stereocenters. The Morgan fingerprint density at radius 3 is 3.00 bits per heavy atom. The summed E-state index contributed by atoms with van der Waals surface area (Å²) < 4.78 is 10.8. The van der Waals surface area contributed by atoms with Crippen molar-refractivity contribution in [1.82, 2.24) is 10.6 Å². The molecule has 1 saturated heterocycles. The van der Waals surface area contributed by atoms with Gasteiger partial charge in [0, 0.05) is 12.6 Å². The fourth-order valence-electron chi connectivity index (χ4n) is 2.16. The molecule has 1 fully saturated rings. The standard InChI is InChI=1S/C15H22N2O3.ClH/c1-11(15(18)17-13-6-7-16-9-13)20-10-12-4-3-5-14(8-12)19-2;/h3-5,8,11,13,16H,6-7,9-10H2,1-2H3,(H,17,18);1H. The van der Waals surface area contributed by atoms with E-state index in [4.69, 9.17) is 9.47 Å². The second-order valence-corrected chi connectivity index (χ2v) is 5.00. The normalized spacial score (nSPS) is 18.7. The van der Waals surface area contributed by atoms with Crippen LogP contribution >= 0.6 is 12.4 Å². The Morgan fingerprint density at radius 1 is 1.52 bits per heavy atom. The molecule has 1 aromatic carbocycles. The van der Waals surface area contributed by atoms with Gasteiger partial charge in [-0.05, 0) is 37.6 Å². The van der Waals surface area contributed by atoms with E-state index in [-0.39, 0.29) is 24.4 Å². The van der Waals surface area contributed by atoms with Gasteiger partial charge < -0.3 is 20.1 Å². The van der Waals surface area contributed by atoms with Gasteiger partial charge in [0.2, 0.25) is 5.91 Å². The molecule has 1 heterocycles. The van der Waals surface area contributed by atoms with Crippen LogP contribution in [0.2, 0.25) is 0 Å². The lowest BCUT2D eigenvalue weighted by atomic mass is 10.2. The molecule has 6 heteroatoms. The van der Waals surface area contributed by atoms with Crippen molar-refractivity contribution in [3.8, 4) is 5.75 Å². The van der Waals surface area contributed by atoms with Crippen LogP contribution in [0.3, 0.4) is 0 Å². The van der Waals surface area contributed by atoms with Crippen LogP contribution in [-0.4, -0.2) is 38.3 Å². The summed E-state index contributed by atoms with van der Waals surface area (Å²) in [5, 5.41) is 6.20. The molecule has 0 bridgehead atoms. The van der Waals surface area contributed by atoms with Crippen molar-refractivity contribution in [2.24, 2.45) is 0 Å². The maximum Gasteiger partial charge on any atom is 0.249 e. The number of benzene rings is 1. The molecule has 2 N–H and O–H groups in total. The summed E-state index contributed by atoms with van der Waals surface area (Å²) in [7, 11) is 1.63. The molecule has 0 spiro atoms. The minimum atomic E-state index is -0.457. The molecule has 1 aromatic rings. The summed E-state index contributed by atoms with van der Waals surface area (Å²) >= 11 is 0. The first-order valence-corrected chi connectivity index (χ1v) is 6.94. The van der Waals surface area contributed by atoms with Crippen molar-refractivity contribution >= 4 is 18.3 Å². The third-order valence-corrected chi connectivity index (χ3v) is 3.41. The van der Waals surface area contributed by atoms with Crippen LogP contribution in [0, 0.1) is 0 Å². The number of nitrogens with one attached hydrogen (secondary N) is 2. The smallest absolute Gasteiger partial charge is 0.249 e. The predicted molar refractivity (Wildman–Crippen MR) is 83.9 cm³/mol. The first-order chi connectivity index (χ1) is 9.69. The predicted octanol–water partition coefficient (Wildman–Crippen LogP) is 1.50. The Morgan fingerprint density at radius 2 is 2.33 bits per heavy atom. The quantitative estimate of drug-likeness (QED) is 0.835. The van der Waals surface area contributed by atoms with Gasteiger partial charge >= 0.3 is 0 Å². The van der Waals surface area contributed by atoms with Crippen molar-refractivity contribution in [3.05, 3.63) is 29.8 Å². The zero-order valence-electron chi connectivity index (χ0n) is 12.4. The zero-order chi connectivity index (χ0) is 14.4. The summed E-state index contributed by atoms with van der Waals surface area (Å²) in [5.74, 6) is 0.738. The van der Waals surface area contributed by atoms with Crippen LogP contribution < -0.4 is 15.4 Å². The SMILES string of the molecule is COc1cccc(COC(C)C(=O)NC2CCNC2)c1.Cl. The second kappa shape index (κ2) is 8.87. The van der Waals surface area contributed by atoms with Gasteiger partial charge in [-0.15, -0.1) is 12.4 Å². The first-order valence-electron chi connectivity index (χ1n) is 6.94. The van der Waals surface area contributed by atoms with E-state index >= 15 is 0 Å². The number of amides is 1. The molecule has 2 rings (SSSR count). The van der Waals surface area contributed by atoms with Crippen molar-refractivity contribution in [2.75, 3.05) is 20.2 Å². The summed E-state index contributed by atoms with van der Waals surface area (Å²) in [4.78, 5) is 12.0. The maximum atomic E-state index is 12.0. The first kappa shape index (κ1) is 17.8. The summed E-state index contributed by atoms with van der Waals surface area (Å²) in [6.45, 7) is 3.98. The van der Waals surface area contributed by atoms with Crippen LogP contribution in [0.15, 0.2) is 24.3 Å². The van der Waals surface area contributed by atoms with E-state index < -0.39 is 6.10 Å². The highest BCUT2D eigenvalue weighted by Crippen LogP contribution is 2.14. The Balaban J connectivity index is 0.00000220. The fraction of sp³-hybridized carbons (Fsp3) is 0.533. The van der Waals surface area contributed by atoms with Crippen LogP contribution in [0.5, 0.6) is 5.75 Å². The van der Waals surface area contributed by atoms with Gasteiger partial charge in [-0.1, -0.05) is 12.1 Å². The van der Waals surface area contributed by atoms with Crippen molar-refractivity contribution in [3.63, 3.8) is 0 Å². The van der Waals surface area contributed by atoms with E-state index in [1.807, 2.05) is 24.3 Å². The van der Waals surface area contributed by atoms with Gasteiger partial charge in [-0.2, -0.15) is 0 Å². The number of halogens is 1. The van der Waals surface area contributed by atoms with E-state index in [1.54, 1.807) is 14.0 Å². The van der Waals surface area contributed by atoms with Gasteiger partial charge in [0.05, 0.1) is 13.7 Å². The Labute approximate surface area is 131 Å². The number of hydrogen-bond acceptors (Lipinski definition) is 4. The number of carbonyl (C=O) groups excluding carboxylic acids is 1. The Bertz CT molecular complexity index is 450. The monoisotopic (exact) mass is 314 g/mol. The highest BCUT2D eigenvalue weighted by Gasteiger charge is 2.20. The minimum Gasteiger partial charge on any atom is -0.497 e. The van der Waals surface area contributed by atoms with Crippen LogP contribution in [-0.2, 0) is 16.1 Å². The zero-order valence-corrected chi connectivity index (χ0v) is 13.2. The lowest BCUT2D eigenvalue weighted by Crippen LogP contribution is -2.42. The number of rotatable bonds is 6. The molecule has 21 heavy (non-hydrogen) atoms. The van der Waals surface area contributed by atoms with Gasteiger partial charge in [0.1, 0.15) is 11.9 Å². The molecule has 0 radical (unpaired) electrons. The molecule has 0 aromatic heterocycles. The average molecular weight is 315 g/mol. The van der Waals surface area contributed by atoms with E-state index in [2.05, 4.69) is 10.6 Å². The van der Waals surface area contributed by atoms with Crippen LogP contribution in [0.1, 0.15) is 18.9 Å². The molecule has 118 valence electrons. The Hall–Kier alpha value is -1.30. The minimum absolute atomic E-state index is 0. The van der Waals surface area contributed by atoms with Gasteiger partial charge in [0.25, 0.3) is 0 Å². The largest absolute Gasteiger partial charge is 0.497 e. The molecule has 1 aliphatic rings. The Kier molecular flexibility index (Phi) is 7.50. The van der Waals surface area contributed by atoms with Crippen molar-refractivity contribution in [1.29, 1.82) is 0 Å². The molecular weight excluding hydrogens is 292 g/mol. The highest BCUT2D eigenvalue weighted by molar-refractivity contribution is 5.85. The molecule has 0 aliphatic carbocycles. The summed E-state index contributed by atoms with van der Waals surface area (Å²) in [6, 6.07) is 7.88. The number of ether oxygens (including phenoxy) is 2. The van der Waals surface area contributed by atoms with Crippen LogP contribution in [0.4, 0.5) is 0 Å². The highest BCUT2D eigenvalue weighted by atomic mass is 35.5. The van der Waals surface area contributed by atoms with Crippen molar-refractivity contribution < 1.29 is 14.3 Å². The van der Waals surface area contributed by atoms with Crippen molar-refractivity contribution in [2.45, 2.75) is 32.1 Å². The molecule has 1 aliphatic heterocycles. The lowest BCUT2D eigenvalue weighted by molar-refractivity contribution is -0.133. The number of carbonyl (C=O) groups is 1. The molecule has 5 nitrogen and oxygen atoms in total. The number of hydrogen-bond donors (Lipinski definition) is 2. The molecule has 0 saturated carbocycles. The fourth-order valence-corrected chi connectivity index (χ4v) is 2.16. The summed E-state index contributed by atoms with van der Waals surface area (Å²) in [6.07, 6.45) is 0.524.